The van der Waals surface area contributed by atoms with Crippen molar-refractivity contribution in [1.82, 2.24) is 5.32 Å². The fourth-order valence-corrected chi connectivity index (χ4v) is 3.20. The lowest BCUT2D eigenvalue weighted by atomic mass is 10.2. The quantitative estimate of drug-likeness (QED) is 0.553. The van der Waals surface area contributed by atoms with Crippen molar-refractivity contribution < 1.29 is 22.7 Å². The Kier molecular flexibility index (Phi) is 5.89. The van der Waals surface area contributed by atoms with Crippen LogP contribution in [0.2, 0.25) is 0 Å². The van der Waals surface area contributed by atoms with Crippen LogP contribution in [0.3, 0.4) is 0 Å². The molecule has 1 heterocycles. The highest BCUT2D eigenvalue weighted by Crippen LogP contribution is 2.37. The number of halogens is 3. The Morgan fingerprint density at radius 3 is 2.54 bits per heavy atom. The van der Waals surface area contributed by atoms with Gasteiger partial charge in [0.15, 0.2) is 5.17 Å². The van der Waals surface area contributed by atoms with Gasteiger partial charge in [-0.15, -0.1) is 0 Å². The smallest absolute Gasteiger partial charge is 0.418 e. The Hall–Kier alpha value is -3.00. The van der Waals surface area contributed by atoms with E-state index in [4.69, 9.17) is 4.74 Å². The van der Waals surface area contributed by atoms with Gasteiger partial charge in [-0.3, -0.25) is 4.79 Å². The molecule has 0 aliphatic carbocycles. The summed E-state index contributed by atoms with van der Waals surface area (Å²) in [5.74, 6) is 0.247. The minimum absolute atomic E-state index is 0.0962. The van der Waals surface area contributed by atoms with Gasteiger partial charge in [-0.1, -0.05) is 36.9 Å². The summed E-state index contributed by atoms with van der Waals surface area (Å²) in [7, 11) is 0. The molecule has 144 valence electrons. The van der Waals surface area contributed by atoms with Crippen molar-refractivity contribution >= 4 is 34.6 Å². The summed E-state index contributed by atoms with van der Waals surface area (Å²) in [6.07, 6.45) is -1.26. The van der Waals surface area contributed by atoms with Crippen LogP contribution in [-0.4, -0.2) is 17.7 Å². The zero-order valence-electron chi connectivity index (χ0n) is 14.5. The summed E-state index contributed by atoms with van der Waals surface area (Å²) in [4.78, 5) is 16.4. The maximum Gasteiger partial charge on any atom is 0.418 e. The number of ether oxygens (including phenoxy) is 1. The molecule has 0 atom stereocenters. The molecule has 1 saturated heterocycles. The molecule has 2 aromatic carbocycles. The third-order valence-corrected chi connectivity index (χ3v) is 4.54. The Labute approximate surface area is 163 Å². The van der Waals surface area contributed by atoms with Crippen LogP contribution in [0.1, 0.15) is 11.1 Å². The maximum atomic E-state index is 13.1. The lowest BCUT2D eigenvalue weighted by Gasteiger charge is -2.09. The van der Waals surface area contributed by atoms with Gasteiger partial charge in [-0.2, -0.15) is 13.2 Å². The van der Waals surface area contributed by atoms with Gasteiger partial charge in [0, 0.05) is 0 Å². The Morgan fingerprint density at radius 2 is 1.86 bits per heavy atom. The van der Waals surface area contributed by atoms with E-state index in [0.29, 0.717) is 17.3 Å². The number of hydrogen-bond acceptors (Lipinski definition) is 4. The van der Waals surface area contributed by atoms with Crippen LogP contribution in [0.5, 0.6) is 5.75 Å². The zero-order chi connectivity index (χ0) is 20.1. The van der Waals surface area contributed by atoms with Gasteiger partial charge in [0.2, 0.25) is 0 Å². The number of benzene rings is 2. The first-order valence-electron chi connectivity index (χ1n) is 8.16. The molecule has 8 heteroatoms. The van der Waals surface area contributed by atoms with E-state index in [-0.39, 0.29) is 10.9 Å². The number of aliphatic imine (C=N–C) groups is 1. The lowest BCUT2D eigenvalue weighted by molar-refractivity contribution is -0.137. The van der Waals surface area contributed by atoms with Crippen molar-refractivity contribution in [1.29, 1.82) is 0 Å². The van der Waals surface area contributed by atoms with Crippen molar-refractivity contribution in [3.05, 3.63) is 77.2 Å². The molecule has 0 spiro atoms. The molecule has 2 aromatic rings. The topological polar surface area (TPSA) is 50.7 Å². The van der Waals surface area contributed by atoms with Crippen LogP contribution >= 0.6 is 11.8 Å². The van der Waals surface area contributed by atoms with Gasteiger partial charge in [0.1, 0.15) is 12.4 Å². The summed E-state index contributed by atoms with van der Waals surface area (Å²) in [5, 5.41) is 2.59. The van der Waals surface area contributed by atoms with E-state index in [9.17, 15) is 18.0 Å². The number of rotatable bonds is 5. The summed E-state index contributed by atoms with van der Waals surface area (Å²) in [5.41, 5.74) is -0.354. The van der Waals surface area contributed by atoms with Gasteiger partial charge in [-0.05, 0) is 47.7 Å². The highest BCUT2D eigenvalue weighted by molar-refractivity contribution is 8.18. The summed E-state index contributed by atoms with van der Waals surface area (Å²) < 4.78 is 44.6. The summed E-state index contributed by atoms with van der Waals surface area (Å²) in [6.45, 7) is 3.96. The molecule has 0 bridgehead atoms. The Morgan fingerprint density at radius 1 is 1.14 bits per heavy atom. The number of carbonyl (C=O) groups excluding carboxylic acids is 1. The number of nitrogens with one attached hydrogen (secondary N) is 1. The van der Waals surface area contributed by atoms with Crippen LogP contribution < -0.4 is 10.1 Å². The van der Waals surface area contributed by atoms with Gasteiger partial charge >= 0.3 is 6.18 Å². The normalized spacial score (nSPS) is 17.0. The minimum atomic E-state index is -4.53. The predicted molar refractivity (Wildman–Crippen MR) is 104 cm³/mol. The van der Waals surface area contributed by atoms with Gasteiger partial charge in [0.25, 0.3) is 5.91 Å². The second kappa shape index (κ2) is 8.35. The van der Waals surface area contributed by atoms with Crippen molar-refractivity contribution in [2.45, 2.75) is 6.18 Å². The first-order valence-corrected chi connectivity index (χ1v) is 8.98. The van der Waals surface area contributed by atoms with Gasteiger partial charge in [0.05, 0.1) is 16.2 Å². The van der Waals surface area contributed by atoms with Crippen molar-refractivity contribution in [2.75, 3.05) is 6.61 Å². The van der Waals surface area contributed by atoms with Crippen LogP contribution in [0.15, 0.2) is 71.1 Å². The number of carbonyl (C=O) groups is 1. The average Bonchev–Trinajstić information content (AvgIpc) is 2.99. The van der Waals surface area contributed by atoms with Crippen LogP contribution in [0, 0.1) is 0 Å². The second-order valence-electron chi connectivity index (χ2n) is 5.67. The summed E-state index contributed by atoms with van der Waals surface area (Å²) >= 11 is 0.984. The highest BCUT2D eigenvalue weighted by Gasteiger charge is 2.34. The van der Waals surface area contributed by atoms with Crippen LogP contribution in [0.25, 0.3) is 6.08 Å². The second-order valence-corrected chi connectivity index (χ2v) is 6.70. The number of amides is 1. The number of para-hydroxylation sites is 1. The minimum Gasteiger partial charge on any atom is -0.490 e. The van der Waals surface area contributed by atoms with Gasteiger partial charge < -0.3 is 10.1 Å². The fourth-order valence-electron chi connectivity index (χ4n) is 2.37. The van der Waals surface area contributed by atoms with Gasteiger partial charge in [-0.25, -0.2) is 4.99 Å². The number of thioether (sulfide) groups is 1. The molecule has 0 radical (unpaired) electrons. The molecule has 1 aliphatic heterocycles. The number of alkyl halides is 3. The van der Waals surface area contributed by atoms with E-state index in [0.717, 1.165) is 23.4 Å². The van der Waals surface area contributed by atoms with E-state index in [1.165, 1.54) is 18.2 Å². The molecule has 4 nitrogen and oxygen atoms in total. The van der Waals surface area contributed by atoms with E-state index in [2.05, 4.69) is 16.9 Å². The fraction of sp³-hybridized carbons (Fsp3) is 0.100. The monoisotopic (exact) mass is 404 g/mol. The predicted octanol–water partition coefficient (Wildman–Crippen LogP) is 5.16. The Balaban J connectivity index is 1.79. The number of amidine groups is 1. The molecular formula is C20H15F3N2O2S. The number of hydrogen-bond donors (Lipinski definition) is 1. The summed E-state index contributed by atoms with van der Waals surface area (Å²) in [6, 6.07) is 12.0. The number of nitrogens with zero attached hydrogens (tertiary/aromatic N) is 1. The third kappa shape index (κ3) is 4.83. The SMILES string of the molecule is C=CCOc1ccc(/C=C2/SC(=Nc3ccccc3C(F)(F)F)NC2=O)cc1. The Bertz CT molecular complexity index is 951. The molecular weight excluding hydrogens is 389 g/mol. The zero-order valence-corrected chi connectivity index (χ0v) is 15.3. The highest BCUT2D eigenvalue weighted by atomic mass is 32.2. The van der Waals surface area contributed by atoms with E-state index < -0.39 is 17.6 Å². The lowest BCUT2D eigenvalue weighted by Crippen LogP contribution is -2.19. The largest absolute Gasteiger partial charge is 0.490 e. The molecule has 0 unspecified atom stereocenters. The van der Waals surface area contributed by atoms with Crippen molar-refractivity contribution in [3.8, 4) is 5.75 Å². The maximum absolute atomic E-state index is 13.1. The molecule has 1 fully saturated rings. The van der Waals surface area contributed by atoms with E-state index in [1.54, 1.807) is 36.4 Å². The van der Waals surface area contributed by atoms with E-state index >= 15 is 0 Å². The van der Waals surface area contributed by atoms with E-state index in [1.807, 2.05) is 0 Å². The molecule has 1 aliphatic rings. The molecule has 0 saturated carbocycles. The molecule has 0 aromatic heterocycles. The van der Waals surface area contributed by atoms with Crippen LogP contribution in [-0.2, 0) is 11.0 Å². The molecule has 1 amide bonds. The van der Waals surface area contributed by atoms with Crippen molar-refractivity contribution in [2.24, 2.45) is 4.99 Å². The standard InChI is InChI=1S/C20H15F3N2O2S/c1-2-11-27-14-9-7-13(8-10-14)12-17-18(26)25-19(28-17)24-16-6-4-3-5-15(16)20(21,22)23/h2-10,12H,1,11H2,(H,24,25,26)/b17-12+. The first kappa shape index (κ1) is 19.8. The molecule has 1 N–H and O–H groups in total. The first-order chi connectivity index (χ1) is 13.4. The molecule has 3 rings (SSSR count). The average molecular weight is 404 g/mol. The van der Waals surface area contributed by atoms with Crippen LogP contribution in [0.4, 0.5) is 18.9 Å². The van der Waals surface area contributed by atoms with Crippen molar-refractivity contribution in [3.63, 3.8) is 0 Å². The third-order valence-electron chi connectivity index (χ3n) is 3.63. The molecule has 28 heavy (non-hydrogen) atoms.